The first-order valence-corrected chi connectivity index (χ1v) is 5.50. The Morgan fingerprint density at radius 3 is 2.59 bits per heavy atom. The van der Waals surface area contributed by atoms with Crippen molar-refractivity contribution in [3.63, 3.8) is 0 Å². The van der Waals surface area contributed by atoms with Crippen LogP contribution in [-0.2, 0) is 23.8 Å². The quantitative estimate of drug-likeness (QED) is 0.683. The molecule has 0 spiro atoms. The summed E-state index contributed by atoms with van der Waals surface area (Å²) in [5.41, 5.74) is 1.28. The number of halogens is 3. The summed E-state index contributed by atoms with van der Waals surface area (Å²) in [4.78, 5) is 13.3. The van der Waals surface area contributed by atoms with Crippen molar-refractivity contribution >= 4 is 11.6 Å². The van der Waals surface area contributed by atoms with Crippen molar-refractivity contribution in [2.24, 2.45) is 0 Å². The van der Waals surface area contributed by atoms with Gasteiger partial charge in [0, 0.05) is 6.54 Å². The fourth-order valence-electron chi connectivity index (χ4n) is 2.64. The van der Waals surface area contributed by atoms with Crippen molar-refractivity contribution in [2.75, 3.05) is 11.4 Å². The number of hydrogen-bond acceptors (Lipinski definition) is 1. The minimum absolute atomic E-state index is 0.0831. The first-order chi connectivity index (χ1) is 7.97. The van der Waals surface area contributed by atoms with E-state index in [-0.39, 0.29) is 12.3 Å². The lowest BCUT2D eigenvalue weighted by molar-refractivity contribution is -0.137. The fourth-order valence-corrected chi connectivity index (χ4v) is 2.64. The minimum Gasteiger partial charge on any atom is -0.312 e. The molecule has 1 amide bonds. The average Bonchev–Trinajstić information content (AvgIpc) is 2.56. The van der Waals surface area contributed by atoms with E-state index in [0.717, 1.165) is 18.2 Å². The Bertz CT molecular complexity index is 507. The Labute approximate surface area is 96.0 Å². The van der Waals surface area contributed by atoms with E-state index in [1.165, 1.54) is 6.07 Å². The van der Waals surface area contributed by atoms with Crippen LogP contribution in [0.5, 0.6) is 0 Å². The summed E-state index contributed by atoms with van der Waals surface area (Å²) in [5, 5.41) is 0. The van der Waals surface area contributed by atoms with Crippen LogP contribution in [0.25, 0.3) is 0 Å². The maximum Gasteiger partial charge on any atom is 0.416 e. The third-order valence-electron chi connectivity index (χ3n) is 3.34. The van der Waals surface area contributed by atoms with E-state index in [4.69, 9.17) is 0 Å². The smallest absolute Gasteiger partial charge is 0.312 e. The Balaban J connectivity index is 2.18. The molecule has 0 unspecified atom stereocenters. The number of hydrogen-bond donors (Lipinski definition) is 0. The molecule has 0 bridgehead atoms. The zero-order chi connectivity index (χ0) is 12.2. The SMILES string of the molecule is O=C1Cc2cc(C(F)(F)F)cc3c2N1CCC3. The van der Waals surface area contributed by atoms with Crippen molar-refractivity contribution in [1.82, 2.24) is 0 Å². The molecule has 0 saturated carbocycles. The second kappa shape index (κ2) is 3.24. The third-order valence-corrected chi connectivity index (χ3v) is 3.34. The highest BCUT2D eigenvalue weighted by Crippen LogP contribution is 2.41. The molecule has 17 heavy (non-hydrogen) atoms. The van der Waals surface area contributed by atoms with Crippen LogP contribution in [0.15, 0.2) is 12.1 Å². The molecule has 3 rings (SSSR count). The molecule has 0 fully saturated rings. The topological polar surface area (TPSA) is 20.3 Å². The zero-order valence-electron chi connectivity index (χ0n) is 8.97. The molecule has 2 nitrogen and oxygen atoms in total. The van der Waals surface area contributed by atoms with E-state index < -0.39 is 11.7 Å². The predicted octanol–water partition coefficient (Wildman–Crippen LogP) is 2.54. The normalized spacial score (nSPS) is 18.5. The van der Waals surface area contributed by atoms with Gasteiger partial charge in [-0.15, -0.1) is 0 Å². The highest BCUT2D eigenvalue weighted by atomic mass is 19.4. The summed E-state index contributed by atoms with van der Waals surface area (Å²) in [5.74, 6) is -0.0831. The number of rotatable bonds is 0. The molecule has 2 aliphatic heterocycles. The van der Waals surface area contributed by atoms with Gasteiger partial charge in [0.2, 0.25) is 5.91 Å². The second-order valence-electron chi connectivity index (χ2n) is 4.47. The van der Waals surface area contributed by atoms with Crippen molar-refractivity contribution in [2.45, 2.75) is 25.4 Å². The molecule has 2 heterocycles. The molecule has 0 aromatic heterocycles. The van der Waals surface area contributed by atoms with E-state index in [0.29, 0.717) is 24.1 Å². The molecule has 90 valence electrons. The van der Waals surface area contributed by atoms with Gasteiger partial charge in [0.05, 0.1) is 17.7 Å². The summed E-state index contributed by atoms with van der Waals surface area (Å²) in [6.45, 7) is 0.629. The van der Waals surface area contributed by atoms with Gasteiger partial charge < -0.3 is 4.90 Å². The van der Waals surface area contributed by atoms with Crippen molar-refractivity contribution in [3.05, 3.63) is 28.8 Å². The van der Waals surface area contributed by atoms with E-state index in [2.05, 4.69) is 0 Å². The summed E-state index contributed by atoms with van der Waals surface area (Å²) >= 11 is 0. The lowest BCUT2D eigenvalue weighted by Crippen LogP contribution is -2.31. The van der Waals surface area contributed by atoms with Crippen LogP contribution in [0.3, 0.4) is 0 Å². The molecule has 0 saturated heterocycles. The summed E-state index contributed by atoms with van der Waals surface area (Å²) in [7, 11) is 0. The summed E-state index contributed by atoms with van der Waals surface area (Å²) in [6, 6.07) is 2.30. The molecule has 0 atom stereocenters. The van der Waals surface area contributed by atoms with E-state index in [1.54, 1.807) is 4.90 Å². The molecule has 2 aliphatic rings. The molecular weight excluding hydrogens is 231 g/mol. The number of carbonyl (C=O) groups is 1. The van der Waals surface area contributed by atoms with Gasteiger partial charge in [-0.2, -0.15) is 13.2 Å². The van der Waals surface area contributed by atoms with Crippen molar-refractivity contribution in [3.8, 4) is 0 Å². The lowest BCUT2D eigenvalue weighted by atomic mass is 9.97. The maximum atomic E-state index is 12.7. The van der Waals surface area contributed by atoms with Gasteiger partial charge in [-0.3, -0.25) is 4.79 Å². The number of benzene rings is 1. The monoisotopic (exact) mass is 241 g/mol. The van der Waals surface area contributed by atoms with Gasteiger partial charge in [0.1, 0.15) is 0 Å². The van der Waals surface area contributed by atoms with Gasteiger partial charge in [-0.25, -0.2) is 0 Å². The second-order valence-corrected chi connectivity index (χ2v) is 4.47. The standard InChI is InChI=1S/C12H10F3NO/c13-12(14,15)9-4-7-2-1-3-16-10(17)6-8(5-9)11(7)16/h4-5H,1-3,6H2. The predicted molar refractivity (Wildman–Crippen MR) is 55.8 cm³/mol. The van der Waals surface area contributed by atoms with E-state index >= 15 is 0 Å². The van der Waals surface area contributed by atoms with Gasteiger partial charge in [0.25, 0.3) is 0 Å². The van der Waals surface area contributed by atoms with Crippen molar-refractivity contribution in [1.29, 1.82) is 0 Å². The maximum absolute atomic E-state index is 12.7. The van der Waals surface area contributed by atoms with Crippen LogP contribution in [0.2, 0.25) is 0 Å². The first-order valence-electron chi connectivity index (χ1n) is 5.50. The number of nitrogens with zero attached hydrogens (tertiary/aromatic N) is 1. The number of alkyl halides is 3. The van der Waals surface area contributed by atoms with Crippen molar-refractivity contribution < 1.29 is 18.0 Å². The molecule has 1 aromatic carbocycles. The van der Waals surface area contributed by atoms with E-state index in [9.17, 15) is 18.0 Å². The minimum atomic E-state index is -4.33. The molecule has 0 N–H and O–H groups in total. The van der Waals surface area contributed by atoms with Crippen LogP contribution in [-0.4, -0.2) is 12.5 Å². The van der Waals surface area contributed by atoms with Crippen LogP contribution >= 0.6 is 0 Å². The first kappa shape index (κ1) is 10.6. The van der Waals surface area contributed by atoms with Crippen LogP contribution in [0, 0.1) is 0 Å². The molecule has 1 aromatic rings. The number of aryl methyl sites for hydroxylation is 1. The van der Waals surface area contributed by atoms with Crippen LogP contribution < -0.4 is 4.90 Å². The Kier molecular flexibility index (Phi) is 2.03. The Morgan fingerprint density at radius 1 is 1.18 bits per heavy atom. The molecular formula is C12H10F3NO. The highest BCUT2D eigenvalue weighted by molar-refractivity contribution is 6.02. The van der Waals surface area contributed by atoms with E-state index in [1.807, 2.05) is 0 Å². The van der Waals surface area contributed by atoms with Gasteiger partial charge in [-0.1, -0.05) is 0 Å². The number of carbonyl (C=O) groups excluding carboxylic acids is 1. The largest absolute Gasteiger partial charge is 0.416 e. The summed E-state index contributed by atoms with van der Waals surface area (Å²) < 4.78 is 38.1. The number of amides is 1. The highest BCUT2D eigenvalue weighted by Gasteiger charge is 2.37. The van der Waals surface area contributed by atoms with Gasteiger partial charge in [-0.05, 0) is 36.1 Å². The van der Waals surface area contributed by atoms with Crippen LogP contribution in [0.1, 0.15) is 23.1 Å². The molecule has 0 aliphatic carbocycles. The lowest BCUT2D eigenvalue weighted by Gasteiger charge is -2.26. The fraction of sp³-hybridized carbons (Fsp3) is 0.417. The summed E-state index contributed by atoms with van der Waals surface area (Å²) in [6.07, 6.45) is -2.87. The molecule has 0 radical (unpaired) electrons. The van der Waals surface area contributed by atoms with Gasteiger partial charge >= 0.3 is 6.18 Å². The third kappa shape index (κ3) is 1.52. The zero-order valence-corrected chi connectivity index (χ0v) is 8.97. The van der Waals surface area contributed by atoms with Gasteiger partial charge in [0.15, 0.2) is 0 Å². The van der Waals surface area contributed by atoms with Crippen LogP contribution in [0.4, 0.5) is 18.9 Å². The molecule has 5 heteroatoms. The Hall–Kier alpha value is -1.52. The number of anilines is 1. The average molecular weight is 241 g/mol. The Morgan fingerprint density at radius 2 is 1.88 bits per heavy atom.